The Morgan fingerprint density at radius 2 is 1.69 bits per heavy atom. The van der Waals surface area contributed by atoms with E-state index in [9.17, 15) is 14.7 Å². The number of hydrogen-bond donors (Lipinski definition) is 2. The molecule has 0 spiro atoms. The van der Waals surface area contributed by atoms with Crippen LogP contribution in [0.4, 0.5) is 0 Å². The molecular weight excluding hydrogens is 373 g/mol. The van der Waals surface area contributed by atoms with Gasteiger partial charge in [-0.2, -0.15) is 0 Å². The lowest BCUT2D eigenvalue weighted by Crippen LogP contribution is -2.42. The molecule has 2 aromatic rings. The molecule has 0 saturated carbocycles. The second-order valence-electron chi connectivity index (χ2n) is 7.13. The van der Waals surface area contributed by atoms with E-state index in [2.05, 4.69) is 26.1 Å². The molecule has 0 bridgehead atoms. The maximum atomic E-state index is 12.4. The van der Waals surface area contributed by atoms with E-state index in [-0.39, 0.29) is 11.8 Å². The van der Waals surface area contributed by atoms with Crippen LogP contribution in [0.5, 0.6) is 0 Å². The first-order valence-electron chi connectivity index (χ1n) is 8.16. The smallest absolute Gasteiger partial charge is 0.326 e. The highest BCUT2D eigenvalue weighted by atomic mass is 35.5. The number of carboxylic acids is 1. The Kier molecular flexibility index (Phi) is 6.32. The third kappa shape index (κ3) is 5.23. The second-order valence-corrected chi connectivity index (χ2v) is 7.98. The third-order valence-electron chi connectivity index (χ3n) is 4.06. The van der Waals surface area contributed by atoms with Crippen molar-refractivity contribution in [2.75, 3.05) is 0 Å². The summed E-state index contributed by atoms with van der Waals surface area (Å²) >= 11 is 12.0. The fourth-order valence-corrected chi connectivity index (χ4v) is 2.96. The molecule has 2 rings (SSSR count). The van der Waals surface area contributed by atoms with Gasteiger partial charge in [-0.25, -0.2) is 4.79 Å². The summed E-state index contributed by atoms with van der Waals surface area (Å²) in [6.45, 7) is 6.25. The van der Waals surface area contributed by atoms with Crippen LogP contribution in [-0.4, -0.2) is 23.0 Å². The van der Waals surface area contributed by atoms with E-state index in [1.54, 1.807) is 30.3 Å². The minimum absolute atomic E-state index is 0.0239. The molecule has 0 fully saturated rings. The van der Waals surface area contributed by atoms with E-state index in [0.717, 1.165) is 5.56 Å². The molecule has 0 saturated heterocycles. The summed E-state index contributed by atoms with van der Waals surface area (Å²) in [7, 11) is 0. The fraction of sp³-hybridized carbons (Fsp3) is 0.300. The first-order chi connectivity index (χ1) is 12.1. The van der Waals surface area contributed by atoms with Gasteiger partial charge in [0.25, 0.3) is 5.91 Å². The summed E-state index contributed by atoms with van der Waals surface area (Å²) in [4.78, 5) is 24.0. The van der Waals surface area contributed by atoms with Gasteiger partial charge in [-0.15, -0.1) is 0 Å². The molecule has 6 heteroatoms. The number of hydrogen-bond acceptors (Lipinski definition) is 2. The maximum absolute atomic E-state index is 12.4. The van der Waals surface area contributed by atoms with Gasteiger partial charge in [0, 0.05) is 22.0 Å². The van der Waals surface area contributed by atoms with Crippen molar-refractivity contribution < 1.29 is 14.7 Å². The highest BCUT2D eigenvalue weighted by Gasteiger charge is 2.22. The lowest BCUT2D eigenvalue weighted by atomic mass is 9.86. The monoisotopic (exact) mass is 393 g/mol. The highest BCUT2D eigenvalue weighted by Crippen LogP contribution is 2.23. The third-order valence-corrected chi connectivity index (χ3v) is 4.64. The lowest BCUT2D eigenvalue weighted by Gasteiger charge is -2.19. The molecule has 0 aliphatic carbocycles. The summed E-state index contributed by atoms with van der Waals surface area (Å²) < 4.78 is 0. The summed E-state index contributed by atoms with van der Waals surface area (Å²) in [5.41, 5.74) is 2.08. The quantitative estimate of drug-likeness (QED) is 0.772. The van der Waals surface area contributed by atoms with Crippen LogP contribution in [-0.2, 0) is 16.6 Å². The zero-order chi connectivity index (χ0) is 19.5. The number of rotatable bonds is 5. The molecule has 0 aliphatic rings. The van der Waals surface area contributed by atoms with Crippen LogP contribution < -0.4 is 5.32 Å². The predicted octanol–water partition coefficient (Wildman–Crippen LogP) is 4.72. The Morgan fingerprint density at radius 1 is 1.08 bits per heavy atom. The predicted molar refractivity (Wildman–Crippen MR) is 104 cm³/mol. The standard InChI is InChI=1S/C20H21Cl2NO3/c1-20(2,3)14-7-4-12(5-8-14)18(24)23-17(19(25)26)10-13-6-9-15(21)11-16(13)22/h4-9,11,17H,10H2,1-3H3,(H,23,24)(H,25,26)/t17-/m0/s1. The van der Waals surface area contributed by atoms with Gasteiger partial charge in [0.05, 0.1) is 0 Å². The molecule has 1 amide bonds. The molecule has 138 valence electrons. The Labute approximate surface area is 163 Å². The minimum Gasteiger partial charge on any atom is -0.480 e. The summed E-state index contributed by atoms with van der Waals surface area (Å²) in [5, 5.41) is 12.8. The van der Waals surface area contributed by atoms with Gasteiger partial charge in [-0.3, -0.25) is 4.79 Å². The van der Waals surface area contributed by atoms with Crippen molar-refractivity contribution in [3.63, 3.8) is 0 Å². The van der Waals surface area contributed by atoms with E-state index in [1.165, 1.54) is 0 Å². The number of benzene rings is 2. The zero-order valence-electron chi connectivity index (χ0n) is 14.8. The number of amides is 1. The van der Waals surface area contributed by atoms with Gasteiger partial charge in [0.2, 0.25) is 0 Å². The Balaban J connectivity index is 2.14. The summed E-state index contributed by atoms with van der Waals surface area (Å²) in [5.74, 6) is -1.57. The SMILES string of the molecule is CC(C)(C)c1ccc(C(=O)N[C@@H](Cc2ccc(Cl)cc2Cl)C(=O)O)cc1. The first-order valence-corrected chi connectivity index (χ1v) is 8.91. The van der Waals surface area contributed by atoms with Crippen molar-refractivity contribution in [2.45, 2.75) is 38.6 Å². The Bertz CT molecular complexity index is 811. The number of aliphatic carboxylic acids is 1. The van der Waals surface area contributed by atoms with Crippen molar-refractivity contribution >= 4 is 35.1 Å². The van der Waals surface area contributed by atoms with Gasteiger partial charge < -0.3 is 10.4 Å². The number of carboxylic acid groups (broad SMARTS) is 1. The van der Waals surface area contributed by atoms with Crippen molar-refractivity contribution in [1.29, 1.82) is 0 Å². The van der Waals surface area contributed by atoms with Gasteiger partial charge >= 0.3 is 5.97 Å². The van der Waals surface area contributed by atoms with Crippen LogP contribution in [0, 0.1) is 0 Å². The van der Waals surface area contributed by atoms with Crippen molar-refractivity contribution in [3.05, 3.63) is 69.2 Å². The van der Waals surface area contributed by atoms with E-state index < -0.39 is 17.9 Å². The van der Waals surface area contributed by atoms with Crippen molar-refractivity contribution in [2.24, 2.45) is 0 Å². The van der Waals surface area contributed by atoms with Gasteiger partial charge in [-0.05, 0) is 40.8 Å². The van der Waals surface area contributed by atoms with Gasteiger partial charge in [0.15, 0.2) is 0 Å². The Hall–Kier alpha value is -2.04. The molecule has 2 aromatic carbocycles. The van der Waals surface area contributed by atoms with E-state index in [1.807, 2.05) is 12.1 Å². The average Bonchev–Trinajstić information content (AvgIpc) is 2.55. The van der Waals surface area contributed by atoms with Gasteiger partial charge in [-0.1, -0.05) is 62.2 Å². The van der Waals surface area contributed by atoms with Crippen molar-refractivity contribution in [3.8, 4) is 0 Å². The van der Waals surface area contributed by atoms with Crippen LogP contribution in [0.25, 0.3) is 0 Å². The molecule has 4 nitrogen and oxygen atoms in total. The molecule has 1 atom stereocenters. The molecular formula is C20H21Cl2NO3. The van der Waals surface area contributed by atoms with Gasteiger partial charge in [0.1, 0.15) is 6.04 Å². The average molecular weight is 394 g/mol. The molecule has 2 N–H and O–H groups in total. The van der Waals surface area contributed by atoms with E-state index >= 15 is 0 Å². The minimum atomic E-state index is -1.13. The molecule has 0 radical (unpaired) electrons. The lowest BCUT2D eigenvalue weighted by molar-refractivity contribution is -0.139. The summed E-state index contributed by atoms with van der Waals surface area (Å²) in [6, 6.07) is 10.9. The second kappa shape index (κ2) is 8.11. The zero-order valence-corrected chi connectivity index (χ0v) is 16.4. The molecule has 0 unspecified atom stereocenters. The molecule has 0 aromatic heterocycles. The molecule has 0 aliphatic heterocycles. The first kappa shape index (κ1) is 20.3. The highest BCUT2D eigenvalue weighted by molar-refractivity contribution is 6.35. The van der Waals surface area contributed by atoms with Crippen LogP contribution in [0.15, 0.2) is 42.5 Å². The van der Waals surface area contributed by atoms with Crippen LogP contribution in [0.1, 0.15) is 42.3 Å². The van der Waals surface area contributed by atoms with Crippen LogP contribution in [0.3, 0.4) is 0 Å². The van der Waals surface area contributed by atoms with E-state index in [0.29, 0.717) is 21.2 Å². The normalized spacial score (nSPS) is 12.5. The number of halogens is 2. The largest absolute Gasteiger partial charge is 0.480 e. The summed E-state index contributed by atoms with van der Waals surface area (Å²) in [6.07, 6.45) is 0.0666. The fourth-order valence-electron chi connectivity index (χ4n) is 2.47. The number of carbonyl (C=O) groups is 2. The number of nitrogens with one attached hydrogen (secondary N) is 1. The molecule has 26 heavy (non-hydrogen) atoms. The van der Waals surface area contributed by atoms with Crippen LogP contribution in [0.2, 0.25) is 10.0 Å². The number of carbonyl (C=O) groups excluding carboxylic acids is 1. The Morgan fingerprint density at radius 3 is 2.19 bits per heavy atom. The topological polar surface area (TPSA) is 66.4 Å². The van der Waals surface area contributed by atoms with Crippen LogP contribution >= 0.6 is 23.2 Å². The van der Waals surface area contributed by atoms with E-state index in [4.69, 9.17) is 23.2 Å². The van der Waals surface area contributed by atoms with Crippen molar-refractivity contribution in [1.82, 2.24) is 5.32 Å². The maximum Gasteiger partial charge on any atom is 0.326 e. The molecule has 0 heterocycles.